The number of nitrogens with zero attached hydrogens (tertiary/aromatic N) is 4. The first-order valence-corrected chi connectivity index (χ1v) is 14.5. The van der Waals surface area contributed by atoms with E-state index in [-0.39, 0.29) is 17.2 Å². The number of carbonyl (C=O) groups excluding carboxylic acids is 1. The van der Waals surface area contributed by atoms with Crippen LogP contribution >= 0.6 is 0 Å². The van der Waals surface area contributed by atoms with Crippen LogP contribution in [0.5, 0.6) is 11.5 Å². The van der Waals surface area contributed by atoms with Crippen molar-refractivity contribution in [1.29, 1.82) is 0 Å². The molecule has 3 aliphatic rings. The first-order valence-electron chi connectivity index (χ1n) is 14.5. The molecule has 1 saturated heterocycles. The van der Waals surface area contributed by atoms with Crippen molar-refractivity contribution in [3.05, 3.63) is 99.1 Å². The number of nitro benzene ring substituents is 1. The third-order valence-electron chi connectivity index (χ3n) is 8.41. The second-order valence-electron chi connectivity index (χ2n) is 10.8. The fourth-order valence-corrected chi connectivity index (χ4v) is 6.37. The zero-order valence-corrected chi connectivity index (χ0v) is 24.3. The fraction of sp³-hybridized carbons (Fsp3) is 0.333. The molecule has 0 spiro atoms. The van der Waals surface area contributed by atoms with E-state index in [2.05, 4.69) is 6.08 Å². The molecule has 0 unspecified atom stereocenters. The van der Waals surface area contributed by atoms with Gasteiger partial charge in [-0.15, -0.1) is 0 Å². The number of carbonyl (C=O) groups is 1. The molecule has 0 aromatic heterocycles. The van der Waals surface area contributed by atoms with Gasteiger partial charge in [-0.25, -0.2) is 5.01 Å². The molecule has 1 aliphatic carbocycles. The molecule has 2 aliphatic heterocycles. The number of nitro groups is 1. The third-order valence-corrected chi connectivity index (χ3v) is 8.41. The minimum absolute atomic E-state index is 0.0717. The Morgan fingerprint density at radius 3 is 2.49 bits per heavy atom. The van der Waals surface area contributed by atoms with Crippen molar-refractivity contribution in [2.24, 2.45) is 11.0 Å². The number of amides is 1. The monoisotopic (exact) mass is 582 g/mol. The van der Waals surface area contributed by atoms with Crippen LogP contribution in [0.4, 0.5) is 11.4 Å². The van der Waals surface area contributed by atoms with Crippen LogP contribution in [-0.2, 0) is 4.74 Å². The number of anilines is 1. The molecule has 10 heteroatoms. The Kier molecular flexibility index (Phi) is 8.11. The zero-order chi connectivity index (χ0) is 29.9. The van der Waals surface area contributed by atoms with Crippen LogP contribution in [0.3, 0.4) is 0 Å². The number of para-hydroxylation sites is 2. The van der Waals surface area contributed by atoms with Crippen LogP contribution in [0, 0.1) is 16.0 Å². The third kappa shape index (κ3) is 5.46. The van der Waals surface area contributed by atoms with Gasteiger partial charge in [-0.1, -0.05) is 36.4 Å². The van der Waals surface area contributed by atoms with Gasteiger partial charge in [0, 0.05) is 41.8 Å². The maximum Gasteiger partial charge on any atom is 0.293 e. The second kappa shape index (κ2) is 12.3. The summed E-state index contributed by atoms with van der Waals surface area (Å²) in [5, 5.41) is 18.6. The molecule has 222 valence electrons. The maximum absolute atomic E-state index is 14.3. The summed E-state index contributed by atoms with van der Waals surface area (Å²) in [5.74, 6) is 0.956. The van der Waals surface area contributed by atoms with Crippen molar-refractivity contribution >= 4 is 29.1 Å². The van der Waals surface area contributed by atoms with Crippen molar-refractivity contribution in [2.75, 3.05) is 45.4 Å². The van der Waals surface area contributed by atoms with Gasteiger partial charge in [0.2, 0.25) is 0 Å². The molecule has 2 heterocycles. The number of rotatable bonds is 7. The number of hydrazone groups is 1. The normalized spacial score (nSPS) is 20.9. The van der Waals surface area contributed by atoms with Gasteiger partial charge in [0.25, 0.3) is 11.6 Å². The molecule has 3 aromatic rings. The van der Waals surface area contributed by atoms with Crippen molar-refractivity contribution < 1.29 is 23.9 Å². The number of ether oxygens (including phenoxy) is 3. The molecule has 1 saturated carbocycles. The van der Waals surface area contributed by atoms with E-state index in [0.29, 0.717) is 37.7 Å². The Hall–Kier alpha value is -4.70. The number of allylic oxidation sites excluding steroid dienone is 1. The van der Waals surface area contributed by atoms with E-state index in [1.54, 1.807) is 26.4 Å². The highest BCUT2D eigenvalue weighted by atomic mass is 16.6. The quantitative estimate of drug-likeness (QED) is 0.253. The smallest absolute Gasteiger partial charge is 0.293 e. The van der Waals surface area contributed by atoms with Gasteiger partial charge in [0.1, 0.15) is 17.2 Å². The average molecular weight is 583 g/mol. The predicted octanol–water partition coefficient (Wildman–Crippen LogP) is 5.89. The molecule has 0 bridgehead atoms. The average Bonchev–Trinajstić information content (AvgIpc) is 3.45. The summed E-state index contributed by atoms with van der Waals surface area (Å²) in [4.78, 5) is 27.9. The summed E-state index contributed by atoms with van der Waals surface area (Å²) in [6, 6.07) is 19.7. The minimum Gasteiger partial charge on any atom is -0.496 e. The van der Waals surface area contributed by atoms with E-state index < -0.39 is 16.9 Å². The molecule has 43 heavy (non-hydrogen) atoms. The summed E-state index contributed by atoms with van der Waals surface area (Å²) in [5.41, 5.74) is 4.26. The summed E-state index contributed by atoms with van der Waals surface area (Å²) >= 11 is 0. The molecular weight excluding hydrogens is 548 g/mol. The van der Waals surface area contributed by atoms with Crippen LogP contribution < -0.4 is 14.4 Å². The number of fused-ring (bicyclic) bond motifs is 1. The summed E-state index contributed by atoms with van der Waals surface area (Å²) in [7, 11) is 3.26. The van der Waals surface area contributed by atoms with Gasteiger partial charge in [0.15, 0.2) is 0 Å². The van der Waals surface area contributed by atoms with E-state index in [1.807, 2.05) is 53.4 Å². The lowest BCUT2D eigenvalue weighted by molar-refractivity contribution is -0.384. The zero-order valence-electron chi connectivity index (χ0n) is 24.3. The molecule has 6 rings (SSSR count). The highest BCUT2D eigenvalue weighted by Crippen LogP contribution is 2.47. The largest absolute Gasteiger partial charge is 0.496 e. The first kappa shape index (κ1) is 28.4. The molecule has 3 aromatic carbocycles. The Labute approximate surface area is 250 Å². The molecule has 1 amide bonds. The first-order chi connectivity index (χ1) is 21.0. The van der Waals surface area contributed by atoms with Gasteiger partial charge in [-0.2, -0.15) is 5.10 Å². The molecular formula is C33H34N4O6. The number of hydrogen-bond acceptors (Lipinski definition) is 8. The van der Waals surface area contributed by atoms with E-state index in [0.717, 1.165) is 47.4 Å². The Balaban J connectivity index is 1.43. The van der Waals surface area contributed by atoms with E-state index in [4.69, 9.17) is 19.3 Å². The Bertz CT molecular complexity index is 1600. The van der Waals surface area contributed by atoms with Gasteiger partial charge >= 0.3 is 0 Å². The number of morpholine rings is 1. The van der Waals surface area contributed by atoms with Crippen LogP contribution in [0.1, 0.15) is 46.8 Å². The van der Waals surface area contributed by atoms with Crippen molar-refractivity contribution in [3.63, 3.8) is 0 Å². The highest BCUT2D eigenvalue weighted by Gasteiger charge is 2.45. The van der Waals surface area contributed by atoms with Crippen LogP contribution in [0.2, 0.25) is 0 Å². The lowest BCUT2D eigenvalue weighted by Crippen LogP contribution is -2.36. The number of hydrogen-bond donors (Lipinski definition) is 0. The topological polar surface area (TPSA) is 107 Å². The van der Waals surface area contributed by atoms with E-state index in [1.165, 1.54) is 11.1 Å². The molecule has 2 atom stereocenters. The molecule has 0 radical (unpaired) electrons. The fourth-order valence-electron chi connectivity index (χ4n) is 6.37. The minimum atomic E-state index is -0.432. The SMILES string of the molecule is COc1ccccc1/C=C1/CCC[C@@H]2C1=NN(C(=O)c1ccc(N3CCOCC3)c([N+](=O)[O-])c1)[C@H]2c1ccccc1OC. The van der Waals surface area contributed by atoms with Gasteiger partial charge in [-0.05, 0) is 55.2 Å². The van der Waals surface area contributed by atoms with Gasteiger partial charge in [0.05, 0.1) is 44.1 Å². The van der Waals surface area contributed by atoms with Gasteiger partial charge < -0.3 is 19.1 Å². The van der Waals surface area contributed by atoms with E-state index in [9.17, 15) is 14.9 Å². The lowest BCUT2D eigenvalue weighted by Gasteiger charge is -2.31. The van der Waals surface area contributed by atoms with Crippen LogP contribution in [0.25, 0.3) is 6.08 Å². The lowest BCUT2D eigenvalue weighted by atomic mass is 9.77. The number of methoxy groups -OCH3 is 2. The molecule has 10 nitrogen and oxygen atoms in total. The Morgan fingerprint density at radius 1 is 1.02 bits per heavy atom. The Morgan fingerprint density at radius 2 is 1.74 bits per heavy atom. The van der Waals surface area contributed by atoms with Crippen molar-refractivity contribution in [1.82, 2.24) is 5.01 Å². The predicted molar refractivity (Wildman–Crippen MR) is 164 cm³/mol. The van der Waals surface area contributed by atoms with Crippen LogP contribution in [-0.4, -0.2) is 62.1 Å². The van der Waals surface area contributed by atoms with Crippen molar-refractivity contribution in [3.8, 4) is 11.5 Å². The summed E-state index contributed by atoms with van der Waals surface area (Å²) in [6.45, 7) is 2.09. The van der Waals surface area contributed by atoms with Crippen LogP contribution in [0.15, 0.2) is 77.4 Å². The standard InChI is InChI=1S/C33H34N4O6/c1-41-29-12-5-3-8-22(29)20-23-9-7-11-26-31(23)34-36(32(26)25-10-4-6-13-30(25)42-2)33(38)24-14-15-27(28(21-24)37(39)40)35-16-18-43-19-17-35/h3-6,8,10,12-15,20-21,26,32H,7,9,11,16-19H2,1-2H3/b23-20-/t26-,32+/m1/s1. The van der Waals surface area contributed by atoms with Crippen molar-refractivity contribution in [2.45, 2.75) is 25.3 Å². The highest BCUT2D eigenvalue weighted by molar-refractivity contribution is 6.09. The van der Waals surface area contributed by atoms with E-state index >= 15 is 0 Å². The second-order valence-corrected chi connectivity index (χ2v) is 10.8. The molecule has 2 fully saturated rings. The molecule has 0 N–H and O–H groups in total. The summed E-state index contributed by atoms with van der Waals surface area (Å²) < 4.78 is 16.7. The summed E-state index contributed by atoms with van der Waals surface area (Å²) in [6.07, 6.45) is 4.68. The maximum atomic E-state index is 14.3. The van der Waals surface area contributed by atoms with Gasteiger partial charge in [-0.3, -0.25) is 14.9 Å². The number of benzene rings is 3.